The van der Waals surface area contributed by atoms with Crippen LogP contribution < -0.4 is 10.5 Å². The quantitative estimate of drug-likeness (QED) is 0.622. The zero-order valence-electron chi connectivity index (χ0n) is 11.2. The van der Waals surface area contributed by atoms with Crippen molar-refractivity contribution in [3.05, 3.63) is 29.8 Å². The molecule has 0 aliphatic carbocycles. The molecule has 1 unspecified atom stereocenters. The largest absolute Gasteiger partial charge is 0.491 e. The summed E-state index contributed by atoms with van der Waals surface area (Å²) in [6.07, 6.45) is 5.04. The van der Waals surface area contributed by atoms with E-state index in [1.165, 1.54) is 25.7 Å². The van der Waals surface area contributed by atoms with E-state index >= 15 is 0 Å². The third kappa shape index (κ3) is 2.67. The highest BCUT2D eigenvalue weighted by molar-refractivity contribution is 5.78. The number of hydrogen-bond donors (Lipinski definition) is 1. The molecule has 2 aliphatic heterocycles. The average molecular weight is 259 g/mol. The maximum Gasteiger partial charge on any atom is 0.191 e. The van der Waals surface area contributed by atoms with E-state index in [0.29, 0.717) is 12.6 Å². The van der Waals surface area contributed by atoms with Crippen molar-refractivity contribution < 1.29 is 4.74 Å². The number of para-hydroxylation sites is 1. The molecule has 4 heteroatoms. The number of ether oxygens (including phenoxy) is 1. The third-order valence-electron chi connectivity index (χ3n) is 3.89. The lowest BCUT2D eigenvalue weighted by Gasteiger charge is -2.22. The Hall–Kier alpha value is -1.71. The van der Waals surface area contributed by atoms with Crippen molar-refractivity contribution in [1.82, 2.24) is 4.90 Å². The minimum atomic E-state index is 0.0550. The van der Waals surface area contributed by atoms with Crippen LogP contribution in [-0.4, -0.2) is 30.6 Å². The van der Waals surface area contributed by atoms with Crippen LogP contribution in [0.4, 0.5) is 0 Å². The molecule has 3 rings (SSSR count). The van der Waals surface area contributed by atoms with Crippen molar-refractivity contribution in [2.24, 2.45) is 10.7 Å². The highest BCUT2D eigenvalue weighted by Crippen LogP contribution is 2.34. The average Bonchev–Trinajstić information content (AvgIpc) is 2.66. The fourth-order valence-electron chi connectivity index (χ4n) is 2.79. The minimum absolute atomic E-state index is 0.0550. The van der Waals surface area contributed by atoms with Gasteiger partial charge in [0.1, 0.15) is 18.4 Å². The van der Waals surface area contributed by atoms with Crippen molar-refractivity contribution in [3.8, 4) is 5.75 Å². The molecule has 0 amide bonds. The molecule has 1 aromatic rings. The number of fused-ring (bicyclic) bond motifs is 1. The van der Waals surface area contributed by atoms with Crippen LogP contribution in [0.15, 0.2) is 29.3 Å². The van der Waals surface area contributed by atoms with Gasteiger partial charge in [-0.15, -0.1) is 0 Å². The van der Waals surface area contributed by atoms with E-state index in [0.717, 1.165) is 24.4 Å². The van der Waals surface area contributed by atoms with Crippen LogP contribution in [0.25, 0.3) is 0 Å². The van der Waals surface area contributed by atoms with Gasteiger partial charge in [0.2, 0.25) is 0 Å². The molecule has 1 aromatic carbocycles. The Bertz CT molecular complexity index is 464. The predicted molar refractivity (Wildman–Crippen MR) is 76.3 cm³/mol. The lowest BCUT2D eigenvalue weighted by Crippen LogP contribution is -2.38. The molecule has 1 atom stereocenters. The number of aliphatic imine (C=N–C) groups is 1. The Morgan fingerprint density at radius 1 is 1.16 bits per heavy atom. The number of likely N-dealkylation sites (tertiary alicyclic amines) is 1. The van der Waals surface area contributed by atoms with E-state index in [-0.39, 0.29) is 6.04 Å². The summed E-state index contributed by atoms with van der Waals surface area (Å²) in [5, 5.41) is 0. The summed E-state index contributed by atoms with van der Waals surface area (Å²) in [7, 11) is 0. The summed E-state index contributed by atoms with van der Waals surface area (Å²) < 4.78 is 5.64. The smallest absolute Gasteiger partial charge is 0.191 e. The van der Waals surface area contributed by atoms with Gasteiger partial charge in [-0.2, -0.15) is 0 Å². The van der Waals surface area contributed by atoms with Crippen LogP contribution in [0.2, 0.25) is 0 Å². The Labute approximate surface area is 114 Å². The van der Waals surface area contributed by atoms with Gasteiger partial charge >= 0.3 is 0 Å². The fraction of sp³-hybridized carbons (Fsp3) is 0.533. The highest BCUT2D eigenvalue weighted by atomic mass is 16.5. The zero-order valence-corrected chi connectivity index (χ0v) is 11.2. The van der Waals surface area contributed by atoms with Gasteiger partial charge in [0.05, 0.1) is 0 Å². The van der Waals surface area contributed by atoms with Gasteiger partial charge in [-0.05, 0) is 18.9 Å². The summed E-state index contributed by atoms with van der Waals surface area (Å²) in [4.78, 5) is 6.89. The summed E-state index contributed by atoms with van der Waals surface area (Å²) in [5.74, 6) is 1.62. The maximum atomic E-state index is 6.18. The third-order valence-corrected chi connectivity index (χ3v) is 3.89. The van der Waals surface area contributed by atoms with Gasteiger partial charge in [0.25, 0.3) is 0 Å². The summed E-state index contributed by atoms with van der Waals surface area (Å²) in [6.45, 7) is 2.67. The molecular formula is C15H21N3O. The first-order valence-electron chi connectivity index (χ1n) is 7.14. The van der Waals surface area contributed by atoms with E-state index in [9.17, 15) is 0 Å². The summed E-state index contributed by atoms with van der Waals surface area (Å²) in [5.41, 5.74) is 7.33. The Kier molecular flexibility index (Phi) is 3.58. The molecule has 102 valence electrons. The molecule has 2 aliphatic rings. The number of rotatable bonds is 1. The number of benzene rings is 1. The standard InChI is InChI=1S/C15H21N3O/c16-15(18-9-5-1-2-6-10-18)17-13-11-19-14-8-4-3-7-12(13)14/h3-4,7-8,13H,1-2,5-6,9-11H2,(H2,16,17). The van der Waals surface area contributed by atoms with Gasteiger partial charge in [-0.3, -0.25) is 0 Å². The molecule has 2 N–H and O–H groups in total. The topological polar surface area (TPSA) is 50.9 Å². The Balaban J connectivity index is 1.74. The molecule has 0 radical (unpaired) electrons. The van der Waals surface area contributed by atoms with Crippen LogP contribution >= 0.6 is 0 Å². The van der Waals surface area contributed by atoms with Crippen LogP contribution in [-0.2, 0) is 0 Å². The first kappa shape index (κ1) is 12.3. The molecule has 0 saturated carbocycles. The second-order valence-electron chi connectivity index (χ2n) is 5.25. The SMILES string of the molecule is NC(=NC1COc2ccccc21)N1CCCCCC1. The Morgan fingerprint density at radius 3 is 2.68 bits per heavy atom. The minimum Gasteiger partial charge on any atom is -0.491 e. The molecular weight excluding hydrogens is 238 g/mol. The molecule has 4 nitrogen and oxygen atoms in total. The molecule has 0 aromatic heterocycles. The normalized spacial score (nSPS) is 23.7. The van der Waals surface area contributed by atoms with Gasteiger partial charge in [-0.25, -0.2) is 4.99 Å². The first-order valence-corrected chi connectivity index (χ1v) is 7.14. The van der Waals surface area contributed by atoms with Crippen LogP contribution in [0.3, 0.4) is 0 Å². The fourth-order valence-corrected chi connectivity index (χ4v) is 2.79. The van der Waals surface area contributed by atoms with Crippen molar-refractivity contribution in [2.75, 3.05) is 19.7 Å². The molecule has 0 bridgehead atoms. The van der Waals surface area contributed by atoms with E-state index in [1.807, 2.05) is 18.2 Å². The van der Waals surface area contributed by atoms with Crippen molar-refractivity contribution in [3.63, 3.8) is 0 Å². The number of hydrogen-bond acceptors (Lipinski definition) is 2. The Morgan fingerprint density at radius 2 is 1.89 bits per heavy atom. The van der Waals surface area contributed by atoms with Crippen molar-refractivity contribution in [1.29, 1.82) is 0 Å². The lowest BCUT2D eigenvalue weighted by molar-refractivity contribution is 0.331. The monoisotopic (exact) mass is 259 g/mol. The lowest BCUT2D eigenvalue weighted by atomic mass is 10.1. The molecule has 2 heterocycles. The first-order chi connectivity index (χ1) is 9.34. The van der Waals surface area contributed by atoms with Gasteiger partial charge < -0.3 is 15.4 Å². The van der Waals surface area contributed by atoms with Crippen LogP contribution in [0.1, 0.15) is 37.3 Å². The molecule has 0 spiro atoms. The highest BCUT2D eigenvalue weighted by Gasteiger charge is 2.24. The van der Waals surface area contributed by atoms with Crippen LogP contribution in [0, 0.1) is 0 Å². The van der Waals surface area contributed by atoms with E-state index in [4.69, 9.17) is 10.5 Å². The zero-order chi connectivity index (χ0) is 13.1. The second kappa shape index (κ2) is 5.51. The van der Waals surface area contributed by atoms with Crippen molar-refractivity contribution >= 4 is 5.96 Å². The van der Waals surface area contributed by atoms with E-state index in [2.05, 4.69) is 16.0 Å². The van der Waals surface area contributed by atoms with Crippen molar-refractivity contribution in [2.45, 2.75) is 31.7 Å². The van der Waals surface area contributed by atoms with E-state index < -0.39 is 0 Å². The van der Waals surface area contributed by atoms with Gasteiger partial charge in [0.15, 0.2) is 5.96 Å². The molecule has 1 fully saturated rings. The van der Waals surface area contributed by atoms with Gasteiger partial charge in [0, 0.05) is 18.7 Å². The number of guanidine groups is 1. The second-order valence-corrected chi connectivity index (χ2v) is 5.25. The number of nitrogens with two attached hydrogens (primary N) is 1. The molecule has 1 saturated heterocycles. The summed E-state index contributed by atoms with van der Waals surface area (Å²) >= 11 is 0. The predicted octanol–water partition coefficient (Wildman–Crippen LogP) is 2.31. The molecule has 19 heavy (non-hydrogen) atoms. The summed E-state index contributed by atoms with van der Waals surface area (Å²) in [6, 6.07) is 8.14. The maximum absolute atomic E-state index is 6.18. The number of nitrogens with zero attached hydrogens (tertiary/aromatic N) is 2. The van der Waals surface area contributed by atoms with Gasteiger partial charge in [-0.1, -0.05) is 31.0 Å². The van der Waals surface area contributed by atoms with E-state index in [1.54, 1.807) is 0 Å². The van der Waals surface area contributed by atoms with Crippen LogP contribution in [0.5, 0.6) is 5.75 Å².